The lowest BCUT2D eigenvalue weighted by Crippen LogP contribution is -2.50. The Morgan fingerprint density at radius 2 is 1.86 bits per heavy atom. The highest BCUT2D eigenvalue weighted by Crippen LogP contribution is 2.03. The molecular formula is C14H17N3O4. The van der Waals surface area contributed by atoms with Crippen molar-refractivity contribution in [2.75, 3.05) is 13.1 Å². The third kappa shape index (κ3) is 5.96. The zero-order valence-corrected chi connectivity index (χ0v) is 11.4. The number of nitrogens with one attached hydrogen (secondary N) is 2. The summed E-state index contributed by atoms with van der Waals surface area (Å²) in [5.41, 5.74) is 6.06. The summed E-state index contributed by atoms with van der Waals surface area (Å²) in [6.45, 7) is -0.641. The molecule has 0 bridgehead atoms. The van der Waals surface area contributed by atoms with Crippen LogP contribution in [0.4, 0.5) is 0 Å². The van der Waals surface area contributed by atoms with Crippen LogP contribution in [0.1, 0.15) is 5.56 Å². The molecule has 0 aromatic heterocycles. The predicted octanol–water partition coefficient (Wildman–Crippen LogP) is -1.44. The number of carbonyl (C=O) groups is 4. The summed E-state index contributed by atoms with van der Waals surface area (Å²) in [5.74, 6) is -1.77. The van der Waals surface area contributed by atoms with E-state index in [9.17, 15) is 19.2 Å². The molecule has 0 fully saturated rings. The van der Waals surface area contributed by atoms with Crippen LogP contribution in [0.15, 0.2) is 30.3 Å². The Balaban J connectivity index is 2.71. The largest absolute Gasteiger partial charge is 0.347 e. The average molecular weight is 291 g/mol. The molecule has 0 radical (unpaired) electrons. The number of aldehydes is 1. The summed E-state index contributed by atoms with van der Waals surface area (Å²) in [5, 5.41) is 4.79. The lowest BCUT2D eigenvalue weighted by Gasteiger charge is -2.17. The minimum atomic E-state index is -0.858. The Morgan fingerprint density at radius 3 is 2.43 bits per heavy atom. The molecule has 0 unspecified atom stereocenters. The van der Waals surface area contributed by atoms with Gasteiger partial charge in [-0.3, -0.25) is 19.2 Å². The highest BCUT2D eigenvalue weighted by Gasteiger charge is 2.21. The van der Waals surface area contributed by atoms with Crippen LogP contribution >= 0.6 is 0 Å². The van der Waals surface area contributed by atoms with E-state index in [1.807, 2.05) is 30.3 Å². The molecule has 2 amide bonds. The number of nitrogens with two attached hydrogens (primary N) is 1. The fraction of sp³-hybridized carbons (Fsp3) is 0.286. The summed E-state index contributed by atoms with van der Waals surface area (Å²) in [4.78, 5) is 44.5. The smallest absolute Gasteiger partial charge is 0.243 e. The molecular weight excluding hydrogens is 274 g/mol. The predicted molar refractivity (Wildman–Crippen MR) is 75.2 cm³/mol. The number of carbonyl (C=O) groups excluding carboxylic acids is 4. The van der Waals surface area contributed by atoms with E-state index in [-0.39, 0.29) is 19.3 Å². The van der Waals surface area contributed by atoms with Crippen LogP contribution in [-0.4, -0.2) is 43.0 Å². The molecule has 7 nitrogen and oxygen atoms in total. The summed E-state index contributed by atoms with van der Waals surface area (Å²) < 4.78 is 0. The first-order chi connectivity index (χ1) is 10.1. The Labute approximate surface area is 121 Å². The zero-order valence-electron chi connectivity index (χ0n) is 11.4. The number of rotatable bonds is 8. The molecule has 1 aromatic carbocycles. The highest BCUT2D eigenvalue weighted by molar-refractivity contribution is 6.26. The van der Waals surface area contributed by atoms with Crippen LogP contribution in [0.2, 0.25) is 0 Å². The lowest BCUT2D eigenvalue weighted by molar-refractivity contribution is -0.132. The molecule has 112 valence electrons. The molecule has 4 N–H and O–H groups in total. The Hall–Kier alpha value is -2.54. The topological polar surface area (TPSA) is 118 Å². The van der Waals surface area contributed by atoms with Crippen LogP contribution in [0, 0.1) is 0 Å². The van der Waals surface area contributed by atoms with Crippen molar-refractivity contribution in [1.82, 2.24) is 10.6 Å². The molecule has 7 heteroatoms. The van der Waals surface area contributed by atoms with Crippen molar-refractivity contribution in [1.29, 1.82) is 0 Å². The molecule has 0 aliphatic carbocycles. The summed E-state index contributed by atoms with van der Waals surface area (Å²) in [6.07, 6.45) is 0.388. The average Bonchev–Trinajstić information content (AvgIpc) is 2.52. The number of hydrogen-bond acceptors (Lipinski definition) is 5. The summed E-state index contributed by atoms with van der Waals surface area (Å²) in [7, 11) is 0. The highest BCUT2D eigenvalue weighted by atomic mass is 16.2. The van der Waals surface area contributed by atoms with E-state index in [0.717, 1.165) is 5.56 Å². The van der Waals surface area contributed by atoms with Crippen LogP contribution in [0.3, 0.4) is 0 Å². The van der Waals surface area contributed by atoms with E-state index in [4.69, 9.17) is 5.73 Å². The third-order valence-electron chi connectivity index (χ3n) is 2.69. The number of Topliss-reactive ketones (excluding diaryl/α,β-unsaturated/α-hetero) is 1. The van der Waals surface area contributed by atoms with Crippen LogP contribution < -0.4 is 16.4 Å². The van der Waals surface area contributed by atoms with Gasteiger partial charge in [-0.05, 0) is 5.56 Å². The minimum Gasteiger partial charge on any atom is -0.347 e. The zero-order chi connectivity index (χ0) is 15.7. The molecule has 0 aliphatic rings. The summed E-state index contributed by atoms with van der Waals surface area (Å²) in [6, 6.07) is 8.22. The third-order valence-corrected chi connectivity index (χ3v) is 2.69. The van der Waals surface area contributed by atoms with E-state index in [0.29, 0.717) is 0 Å². The van der Waals surface area contributed by atoms with Crippen molar-refractivity contribution in [2.45, 2.75) is 12.5 Å². The van der Waals surface area contributed by atoms with E-state index < -0.39 is 30.2 Å². The minimum absolute atomic E-state index is 0.130. The van der Waals surface area contributed by atoms with Gasteiger partial charge in [0.15, 0.2) is 6.29 Å². The SMILES string of the molecule is NCC(=O)N[C@@H](Cc1ccccc1)C(=O)NCC(=O)C=O. The van der Waals surface area contributed by atoms with Gasteiger partial charge in [-0.2, -0.15) is 0 Å². The molecule has 0 saturated carbocycles. The second-order valence-electron chi connectivity index (χ2n) is 4.32. The Morgan fingerprint density at radius 1 is 1.19 bits per heavy atom. The van der Waals surface area contributed by atoms with E-state index in [1.54, 1.807) is 0 Å². The molecule has 0 saturated heterocycles. The van der Waals surface area contributed by atoms with Gasteiger partial charge in [0.2, 0.25) is 17.6 Å². The number of amides is 2. The van der Waals surface area contributed by atoms with Gasteiger partial charge in [-0.1, -0.05) is 30.3 Å². The molecule has 0 heterocycles. The number of ketones is 1. The van der Waals surface area contributed by atoms with Crippen LogP contribution in [-0.2, 0) is 25.6 Å². The first-order valence-electron chi connectivity index (χ1n) is 6.36. The molecule has 0 spiro atoms. The van der Waals surface area contributed by atoms with Crippen molar-refractivity contribution in [3.05, 3.63) is 35.9 Å². The molecule has 1 aromatic rings. The van der Waals surface area contributed by atoms with E-state index in [1.165, 1.54) is 0 Å². The quantitative estimate of drug-likeness (QED) is 0.400. The van der Waals surface area contributed by atoms with Gasteiger partial charge in [0.1, 0.15) is 6.04 Å². The van der Waals surface area contributed by atoms with Gasteiger partial charge in [0.05, 0.1) is 13.1 Å². The fourth-order valence-electron chi connectivity index (χ4n) is 1.65. The van der Waals surface area contributed by atoms with Gasteiger partial charge in [0.25, 0.3) is 0 Å². The molecule has 0 aliphatic heterocycles. The lowest BCUT2D eigenvalue weighted by atomic mass is 10.1. The normalized spacial score (nSPS) is 11.3. The van der Waals surface area contributed by atoms with Gasteiger partial charge in [-0.25, -0.2) is 0 Å². The second kappa shape index (κ2) is 8.60. The van der Waals surface area contributed by atoms with Crippen molar-refractivity contribution < 1.29 is 19.2 Å². The Bertz CT molecular complexity index is 516. The van der Waals surface area contributed by atoms with Gasteiger partial charge >= 0.3 is 0 Å². The van der Waals surface area contributed by atoms with Gasteiger partial charge in [0, 0.05) is 6.42 Å². The van der Waals surface area contributed by atoms with Crippen LogP contribution in [0.5, 0.6) is 0 Å². The van der Waals surface area contributed by atoms with Crippen molar-refractivity contribution in [3.8, 4) is 0 Å². The standard InChI is InChI=1S/C14H17N3O4/c15-7-13(20)17-12(6-10-4-2-1-3-5-10)14(21)16-8-11(19)9-18/h1-5,9,12H,6-8,15H2,(H,16,21)(H,17,20)/t12-/m0/s1. The fourth-order valence-corrected chi connectivity index (χ4v) is 1.65. The maximum absolute atomic E-state index is 12.0. The molecule has 21 heavy (non-hydrogen) atoms. The summed E-state index contributed by atoms with van der Waals surface area (Å²) >= 11 is 0. The molecule has 1 atom stereocenters. The van der Waals surface area contributed by atoms with Crippen LogP contribution in [0.25, 0.3) is 0 Å². The number of benzene rings is 1. The first-order valence-corrected chi connectivity index (χ1v) is 6.36. The van der Waals surface area contributed by atoms with Gasteiger partial charge < -0.3 is 16.4 Å². The van der Waals surface area contributed by atoms with Crippen molar-refractivity contribution in [3.63, 3.8) is 0 Å². The van der Waals surface area contributed by atoms with Crippen molar-refractivity contribution >= 4 is 23.9 Å². The monoisotopic (exact) mass is 291 g/mol. The van der Waals surface area contributed by atoms with E-state index in [2.05, 4.69) is 10.6 Å². The maximum Gasteiger partial charge on any atom is 0.243 e. The molecule has 1 rings (SSSR count). The second-order valence-corrected chi connectivity index (χ2v) is 4.32. The maximum atomic E-state index is 12.0. The number of hydrogen-bond donors (Lipinski definition) is 3. The Kier molecular flexibility index (Phi) is 6.76. The first kappa shape index (κ1) is 16.5. The van der Waals surface area contributed by atoms with Crippen molar-refractivity contribution in [2.24, 2.45) is 5.73 Å². The van der Waals surface area contributed by atoms with E-state index >= 15 is 0 Å². The van der Waals surface area contributed by atoms with Gasteiger partial charge in [-0.15, -0.1) is 0 Å².